The number of aromatic nitrogens is 3. The van der Waals surface area contributed by atoms with Gasteiger partial charge in [-0.05, 0) is 36.8 Å². The van der Waals surface area contributed by atoms with Gasteiger partial charge in [0.25, 0.3) is 0 Å². The fourth-order valence-electron chi connectivity index (χ4n) is 2.48. The van der Waals surface area contributed by atoms with Gasteiger partial charge in [0.1, 0.15) is 0 Å². The number of esters is 1. The summed E-state index contributed by atoms with van der Waals surface area (Å²) in [6.07, 6.45) is 1.55. The number of carbonyl (C=O) groups excluding carboxylic acids is 2. The van der Waals surface area contributed by atoms with Gasteiger partial charge in [0, 0.05) is 12.7 Å². The molecule has 0 radical (unpaired) electrons. The number of methoxy groups -OCH3 is 1. The van der Waals surface area contributed by atoms with Gasteiger partial charge in [-0.3, -0.25) is 4.79 Å². The molecule has 1 unspecified atom stereocenters. The summed E-state index contributed by atoms with van der Waals surface area (Å²) in [5.41, 5.74) is 4.09. The molecule has 1 amide bonds. The number of benzene rings is 1. The molecule has 0 aliphatic rings. The number of fused-ring (bicyclic) bond motifs is 1. The highest BCUT2D eigenvalue weighted by Gasteiger charge is 2.29. The van der Waals surface area contributed by atoms with E-state index in [0.717, 1.165) is 15.8 Å². The third-order valence-corrected chi connectivity index (χ3v) is 4.67. The summed E-state index contributed by atoms with van der Waals surface area (Å²) in [7, 11) is 1.19. The van der Waals surface area contributed by atoms with Gasteiger partial charge in [0.15, 0.2) is 0 Å². The Morgan fingerprint density at radius 1 is 1.32 bits per heavy atom. The first kappa shape index (κ1) is 17.0. The molecule has 128 valence electrons. The molecule has 0 fully saturated rings. The summed E-state index contributed by atoms with van der Waals surface area (Å²) in [5, 5.41) is 7.88. The topological polar surface area (TPSA) is 85.3 Å². The minimum atomic E-state index is -0.912. The molecular weight excluding hydrogens is 340 g/mol. The van der Waals surface area contributed by atoms with Crippen molar-refractivity contribution in [2.75, 3.05) is 7.11 Å². The van der Waals surface area contributed by atoms with Crippen molar-refractivity contribution in [3.8, 4) is 0 Å². The average Bonchev–Trinajstić information content (AvgIpc) is 3.13. The van der Waals surface area contributed by atoms with Gasteiger partial charge in [-0.25, -0.2) is 9.78 Å². The highest BCUT2D eigenvalue weighted by atomic mass is 32.1. The third kappa shape index (κ3) is 3.63. The summed E-state index contributed by atoms with van der Waals surface area (Å²) in [6.45, 7) is 2.03. The van der Waals surface area contributed by atoms with Crippen molar-refractivity contribution in [3.05, 3.63) is 53.3 Å². The van der Waals surface area contributed by atoms with Crippen molar-refractivity contribution in [1.29, 1.82) is 0 Å². The zero-order chi connectivity index (χ0) is 17.8. The molecule has 0 saturated heterocycles. The molecule has 0 N–H and O–H groups in total. The van der Waals surface area contributed by atoms with E-state index in [0.29, 0.717) is 5.69 Å². The van der Waals surface area contributed by atoms with Crippen molar-refractivity contribution < 1.29 is 14.3 Å². The van der Waals surface area contributed by atoms with Gasteiger partial charge in [0.2, 0.25) is 0 Å². The van der Waals surface area contributed by atoms with E-state index in [1.165, 1.54) is 12.0 Å². The zero-order valence-corrected chi connectivity index (χ0v) is 14.6. The molecule has 7 nitrogen and oxygen atoms in total. The van der Waals surface area contributed by atoms with Crippen LogP contribution < -0.4 is 0 Å². The van der Waals surface area contributed by atoms with E-state index in [9.17, 15) is 9.59 Å². The highest BCUT2D eigenvalue weighted by Crippen LogP contribution is 2.24. The molecular formula is C17H16N4O3S. The lowest BCUT2D eigenvalue weighted by Gasteiger charge is -2.27. The predicted molar refractivity (Wildman–Crippen MR) is 92.6 cm³/mol. The van der Waals surface area contributed by atoms with Crippen molar-refractivity contribution in [2.24, 2.45) is 0 Å². The van der Waals surface area contributed by atoms with E-state index >= 15 is 0 Å². The lowest BCUT2D eigenvalue weighted by molar-refractivity contribution is -0.159. The molecule has 3 rings (SSSR count). The first-order valence-corrected chi connectivity index (χ1v) is 8.46. The van der Waals surface area contributed by atoms with E-state index in [-0.39, 0.29) is 6.54 Å². The first-order valence-electron chi connectivity index (χ1n) is 7.59. The molecule has 8 heteroatoms. The summed E-state index contributed by atoms with van der Waals surface area (Å²) in [6, 6.07) is 8.84. The standard InChI is InChI=1S/C17H16N4O3S/c1-11(13-4-3-7-19-20-13)21(16(22)17(23)24-2)9-12-5-6-15-14(8-12)18-10-25-15/h3-8,10-11H,9H2,1-2H3. The smallest absolute Gasteiger partial charge is 0.396 e. The third-order valence-electron chi connectivity index (χ3n) is 3.86. The second-order valence-electron chi connectivity index (χ2n) is 5.40. The Bertz CT molecular complexity index is 897. The van der Waals surface area contributed by atoms with E-state index in [2.05, 4.69) is 19.9 Å². The molecule has 0 spiro atoms. The SMILES string of the molecule is COC(=O)C(=O)N(Cc1ccc2scnc2c1)C(C)c1cccnn1. The largest absolute Gasteiger partial charge is 0.462 e. The van der Waals surface area contributed by atoms with E-state index < -0.39 is 17.9 Å². The molecule has 2 aromatic heterocycles. The number of rotatable bonds is 4. The lowest BCUT2D eigenvalue weighted by atomic mass is 10.1. The monoisotopic (exact) mass is 356 g/mol. The van der Waals surface area contributed by atoms with Crippen molar-refractivity contribution >= 4 is 33.4 Å². The molecule has 0 aliphatic carbocycles. The van der Waals surface area contributed by atoms with Crippen LogP contribution in [0.2, 0.25) is 0 Å². The lowest BCUT2D eigenvalue weighted by Crippen LogP contribution is -2.39. The number of amides is 1. The Labute approximate surface area is 148 Å². The number of hydrogen-bond donors (Lipinski definition) is 0. The number of ether oxygens (including phenoxy) is 1. The van der Waals surface area contributed by atoms with Crippen LogP contribution in [0.1, 0.15) is 24.2 Å². The maximum atomic E-state index is 12.5. The molecule has 3 aromatic rings. The van der Waals surface area contributed by atoms with Gasteiger partial charge in [-0.1, -0.05) is 6.07 Å². The number of thiazole rings is 1. The van der Waals surface area contributed by atoms with Gasteiger partial charge >= 0.3 is 11.9 Å². The predicted octanol–water partition coefficient (Wildman–Crippen LogP) is 2.35. The maximum Gasteiger partial charge on any atom is 0.396 e. The fraction of sp³-hybridized carbons (Fsp3) is 0.235. The maximum absolute atomic E-state index is 12.5. The summed E-state index contributed by atoms with van der Waals surface area (Å²) >= 11 is 1.55. The van der Waals surface area contributed by atoms with Crippen LogP contribution in [0.3, 0.4) is 0 Å². The van der Waals surface area contributed by atoms with Gasteiger partial charge in [-0.2, -0.15) is 10.2 Å². The molecule has 2 heterocycles. The van der Waals surface area contributed by atoms with Crippen LogP contribution >= 0.6 is 11.3 Å². The number of carbonyl (C=O) groups is 2. The van der Waals surface area contributed by atoms with Gasteiger partial charge in [-0.15, -0.1) is 11.3 Å². The molecule has 0 bridgehead atoms. The minimum Gasteiger partial charge on any atom is -0.462 e. The van der Waals surface area contributed by atoms with Crippen LogP contribution in [0.4, 0.5) is 0 Å². The van der Waals surface area contributed by atoms with Crippen LogP contribution in [0.15, 0.2) is 42.0 Å². The van der Waals surface area contributed by atoms with E-state index in [1.54, 1.807) is 42.1 Å². The van der Waals surface area contributed by atoms with Crippen LogP contribution in [-0.2, 0) is 20.9 Å². The molecule has 0 aliphatic heterocycles. The van der Waals surface area contributed by atoms with Crippen LogP contribution in [-0.4, -0.2) is 39.1 Å². The van der Waals surface area contributed by atoms with Crippen LogP contribution in [0, 0.1) is 0 Å². The van der Waals surface area contributed by atoms with Gasteiger partial charge < -0.3 is 9.64 Å². The summed E-state index contributed by atoms with van der Waals surface area (Å²) in [4.78, 5) is 30.0. The Hall–Kier alpha value is -2.87. The Kier molecular flexibility index (Phi) is 4.99. The minimum absolute atomic E-state index is 0.235. The quantitative estimate of drug-likeness (QED) is 0.527. The normalized spacial score (nSPS) is 11.9. The first-order chi connectivity index (χ1) is 12.1. The second-order valence-corrected chi connectivity index (χ2v) is 6.29. The van der Waals surface area contributed by atoms with E-state index in [1.807, 2.05) is 18.2 Å². The van der Waals surface area contributed by atoms with Crippen LogP contribution in [0.25, 0.3) is 10.2 Å². The molecule has 25 heavy (non-hydrogen) atoms. The van der Waals surface area contributed by atoms with Crippen molar-refractivity contribution in [3.63, 3.8) is 0 Å². The molecule has 1 atom stereocenters. The summed E-state index contributed by atoms with van der Waals surface area (Å²) in [5.74, 6) is -1.63. The highest BCUT2D eigenvalue weighted by molar-refractivity contribution is 7.16. The number of nitrogens with zero attached hydrogens (tertiary/aromatic N) is 4. The Morgan fingerprint density at radius 3 is 2.88 bits per heavy atom. The van der Waals surface area contributed by atoms with Crippen molar-refractivity contribution in [1.82, 2.24) is 20.1 Å². The summed E-state index contributed by atoms with van der Waals surface area (Å²) < 4.78 is 5.66. The van der Waals surface area contributed by atoms with Gasteiger partial charge in [0.05, 0.1) is 34.6 Å². The average molecular weight is 356 g/mol. The van der Waals surface area contributed by atoms with Crippen molar-refractivity contribution in [2.45, 2.75) is 19.5 Å². The zero-order valence-electron chi connectivity index (χ0n) is 13.7. The Balaban J connectivity index is 1.92. The molecule has 0 saturated carbocycles. The van der Waals surface area contributed by atoms with E-state index in [4.69, 9.17) is 0 Å². The second kappa shape index (κ2) is 7.35. The molecule has 1 aromatic carbocycles. The van der Waals surface area contributed by atoms with Crippen LogP contribution in [0.5, 0.6) is 0 Å². The fourth-order valence-corrected chi connectivity index (χ4v) is 3.14. The Morgan fingerprint density at radius 2 is 2.16 bits per heavy atom. The number of hydrogen-bond acceptors (Lipinski definition) is 7.